The molecule has 5 nitrogen and oxygen atoms in total. The summed E-state index contributed by atoms with van der Waals surface area (Å²) in [5, 5.41) is 13.4. The van der Waals surface area contributed by atoms with Crippen LogP contribution in [-0.4, -0.2) is 22.8 Å². The maximum atomic E-state index is 11.7. The van der Waals surface area contributed by atoms with Gasteiger partial charge in [-0.15, -0.1) is 11.6 Å². The molecular formula is C12H15ClN2O3. The van der Waals surface area contributed by atoms with E-state index in [0.29, 0.717) is 12.1 Å². The van der Waals surface area contributed by atoms with Gasteiger partial charge in [0.25, 0.3) is 11.6 Å². The second kappa shape index (κ2) is 6.96. The number of nitrogens with zero attached hydrogens (tertiary/aromatic N) is 1. The number of rotatable bonds is 6. The van der Waals surface area contributed by atoms with Crippen LogP contribution in [0.25, 0.3) is 0 Å². The fourth-order valence-corrected chi connectivity index (χ4v) is 1.60. The van der Waals surface area contributed by atoms with Gasteiger partial charge >= 0.3 is 0 Å². The van der Waals surface area contributed by atoms with Gasteiger partial charge in [-0.05, 0) is 25.8 Å². The Morgan fingerprint density at radius 2 is 2.28 bits per heavy atom. The molecule has 0 aliphatic rings. The molecule has 6 heteroatoms. The first-order chi connectivity index (χ1) is 8.50. The van der Waals surface area contributed by atoms with E-state index in [1.807, 2.05) is 6.92 Å². The van der Waals surface area contributed by atoms with Crippen molar-refractivity contribution in [1.29, 1.82) is 0 Å². The average molecular weight is 271 g/mol. The lowest BCUT2D eigenvalue weighted by Gasteiger charge is -2.06. The molecule has 0 heterocycles. The summed E-state index contributed by atoms with van der Waals surface area (Å²) in [6, 6.07) is 5.66. The third-order valence-corrected chi connectivity index (χ3v) is 2.60. The van der Waals surface area contributed by atoms with Crippen molar-refractivity contribution in [2.75, 3.05) is 6.54 Å². The number of alkyl halides is 1. The van der Waals surface area contributed by atoms with Crippen molar-refractivity contribution in [3.8, 4) is 0 Å². The Labute approximate surface area is 110 Å². The van der Waals surface area contributed by atoms with Crippen molar-refractivity contribution in [3.05, 3.63) is 39.9 Å². The van der Waals surface area contributed by atoms with Gasteiger partial charge in [0.1, 0.15) is 0 Å². The predicted molar refractivity (Wildman–Crippen MR) is 70.0 cm³/mol. The van der Waals surface area contributed by atoms with E-state index in [9.17, 15) is 14.9 Å². The zero-order valence-corrected chi connectivity index (χ0v) is 10.8. The van der Waals surface area contributed by atoms with E-state index in [1.54, 1.807) is 6.07 Å². The Bertz CT molecular complexity index is 435. The average Bonchev–Trinajstić information content (AvgIpc) is 2.34. The highest BCUT2D eigenvalue weighted by Crippen LogP contribution is 2.12. The summed E-state index contributed by atoms with van der Waals surface area (Å²) in [6.07, 6.45) is 1.60. The maximum absolute atomic E-state index is 11.7. The third kappa shape index (κ3) is 4.71. The molecule has 1 unspecified atom stereocenters. The number of halogens is 1. The summed E-state index contributed by atoms with van der Waals surface area (Å²) in [4.78, 5) is 21.7. The minimum Gasteiger partial charge on any atom is -0.352 e. The van der Waals surface area contributed by atoms with Crippen LogP contribution < -0.4 is 5.32 Å². The second-order valence-corrected chi connectivity index (χ2v) is 4.73. The molecule has 0 bridgehead atoms. The van der Waals surface area contributed by atoms with E-state index < -0.39 is 4.92 Å². The highest BCUT2D eigenvalue weighted by Gasteiger charge is 2.10. The van der Waals surface area contributed by atoms with Gasteiger partial charge in [-0.3, -0.25) is 14.9 Å². The van der Waals surface area contributed by atoms with E-state index >= 15 is 0 Å². The SMILES string of the molecule is CC(Cl)CCCNC(=O)c1cccc([N+](=O)[O-])c1. The number of carbonyl (C=O) groups is 1. The summed E-state index contributed by atoms with van der Waals surface area (Å²) >= 11 is 5.78. The Kier molecular flexibility index (Phi) is 5.58. The van der Waals surface area contributed by atoms with Crippen LogP contribution in [0.3, 0.4) is 0 Å². The van der Waals surface area contributed by atoms with Crippen molar-refractivity contribution in [1.82, 2.24) is 5.32 Å². The monoisotopic (exact) mass is 270 g/mol. The van der Waals surface area contributed by atoms with Crippen LogP contribution in [0.2, 0.25) is 0 Å². The molecule has 0 aliphatic heterocycles. The van der Waals surface area contributed by atoms with Crippen molar-refractivity contribution in [2.45, 2.75) is 25.1 Å². The molecule has 98 valence electrons. The van der Waals surface area contributed by atoms with Crippen LogP contribution in [0.4, 0.5) is 5.69 Å². The van der Waals surface area contributed by atoms with E-state index in [0.717, 1.165) is 12.8 Å². The number of non-ortho nitro benzene ring substituents is 1. The number of benzene rings is 1. The van der Waals surface area contributed by atoms with E-state index in [2.05, 4.69) is 5.32 Å². The van der Waals surface area contributed by atoms with Gasteiger partial charge in [-0.25, -0.2) is 0 Å². The first-order valence-electron chi connectivity index (χ1n) is 5.67. The van der Waals surface area contributed by atoms with Gasteiger partial charge in [0, 0.05) is 29.6 Å². The topological polar surface area (TPSA) is 72.2 Å². The van der Waals surface area contributed by atoms with Crippen LogP contribution in [0.1, 0.15) is 30.1 Å². The summed E-state index contributed by atoms with van der Waals surface area (Å²) in [5.74, 6) is -0.305. The number of hydrogen-bond acceptors (Lipinski definition) is 3. The molecule has 0 spiro atoms. The first-order valence-corrected chi connectivity index (χ1v) is 6.11. The number of carbonyl (C=O) groups excluding carboxylic acids is 1. The number of nitro groups is 1. The Hall–Kier alpha value is -1.62. The molecule has 1 atom stereocenters. The quantitative estimate of drug-likeness (QED) is 0.374. The van der Waals surface area contributed by atoms with Crippen LogP contribution in [0.5, 0.6) is 0 Å². The van der Waals surface area contributed by atoms with Crippen molar-refractivity contribution in [3.63, 3.8) is 0 Å². The molecular weight excluding hydrogens is 256 g/mol. The zero-order valence-electron chi connectivity index (χ0n) is 10.1. The van der Waals surface area contributed by atoms with Crippen LogP contribution in [-0.2, 0) is 0 Å². The number of nitrogens with one attached hydrogen (secondary N) is 1. The molecule has 1 amide bonds. The van der Waals surface area contributed by atoms with Gasteiger partial charge in [-0.2, -0.15) is 0 Å². The summed E-state index contributed by atoms with van der Waals surface area (Å²) < 4.78 is 0. The van der Waals surface area contributed by atoms with Crippen LogP contribution in [0, 0.1) is 10.1 Å². The lowest BCUT2D eigenvalue weighted by atomic mass is 10.2. The van der Waals surface area contributed by atoms with Gasteiger partial charge < -0.3 is 5.32 Å². The maximum Gasteiger partial charge on any atom is 0.270 e. The van der Waals surface area contributed by atoms with Crippen LogP contribution in [0.15, 0.2) is 24.3 Å². The molecule has 0 aromatic heterocycles. The molecule has 0 saturated heterocycles. The molecule has 1 aromatic rings. The van der Waals surface area contributed by atoms with Gasteiger partial charge in [0.05, 0.1) is 4.92 Å². The lowest BCUT2D eigenvalue weighted by Crippen LogP contribution is -2.24. The molecule has 0 fully saturated rings. The fraction of sp³-hybridized carbons (Fsp3) is 0.417. The molecule has 1 aromatic carbocycles. The molecule has 18 heavy (non-hydrogen) atoms. The number of nitro benzene ring substituents is 1. The van der Waals surface area contributed by atoms with Crippen LogP contribution >= 0.6 is 11.6 Å². The molecule has 0 aliphatic carbocycles. The summed E-state index contributed by atoms with van der Waals surface area (Å²) in [7, 11) is 0. The molecule has 1 N–H and O–H groups in total. The Balaban J connectivity index is 2.51. The lowest BCUT2D eigenvalue weighted by molar-refractivity contribution is -0.384. The highest BCUT2D eigenvalue weighted by atomic mass is 35.5. The summed E-state index contributed by atoms with van der Waals surface area (Å²) in [5.41, 5.74) is 0.208. The van der Waals surface area contributed by atoms with E-state index in [1.165, 1.54) is 18.2 Å². The van der Waals surface area contributed by atoms with Gasteiger partial charge in [-0.1, -0.05) is 6.07 Å². The largest absolute Gasteiger partial charge is 0.352 e. The minimum atomic E-state index is -0.522. The van der Waals surface area contributed by atoms with E-state index in [4.69, 9.17) is 11.6 Å². The number of amides is 1. The minimum absolute atomic E-state index is 0.0831. The fourth-order valence-electron chi connectivity index (χ4n) is 1.45. The first kappa shape index (κ1) is 14.4. The predicted octanol–water partition coefficient (Wildman–Crippen LogP) is 2.73. The molecule has 0 saturated carbocycles. The van der Waals surface area contributed by atoms with Crippen molar-refractivity contribution >= 4 is 23.2 Å². The molecule has 1 rings (SSSR count). The Morgan fingerprint density at radius 3 is 2.89 bits per heavy atom. The number of hydrogen-bond donors (Lipinski definition) is 1. The summed E-state index contributed by atoms with van der Waals surface area (Å²) in [6.45, 7) is 2.41. The Morgan fingerprint density at radius 1 is 1.56 bits per heavy atom. The van der Waals surface area contributed by atoms with E-state index in [-0.39, 0.29) is 17.0 Å². The highest BCUT2D eigenvalue weighted by molar-refractivity contribution is 6.20. The standard InChI is InChI=1S/C12H15ClN2O3/c1-9(13)4-3-7-14-12(16)10-5-2-6-11(8-10)15(17)18/h2,5-6,8-9H,3-4,7H2,1H3,(H,14,16). The smallest absolute Gasteiger partial charge is 0.270 e. The van der Waals surface area contributed by atoms with Crippen molar-refractivity contribution in [2.24, 2.45) is 0 Å². The third-order valence-electron chi connectivity index (χ3n) is 2.38. The second-order valence-electron chi connectivity index (χ2n) is 3.99. The zero-order chi connectivity index (χ0) is 13.5. The van der Waals surface area contributed by atoms with Crippen molar-refractivity contribution < 1.29 is 9.72 Å². The normalized spacial score (nSPS) is 11.9. The van der Waals surface area contributed by atoms with Gasteiger partial charge in [0.2, 0.25) is 0 Å². The van der Waals surface area contributed by atoms with Gasteiger partial charge in [0.15, 0.2) is 0 Å². The molecule has 0 radical (unpaired) electrons.